The lowest BCUT2D eigenvalue weighted by Gasteiger charge is -2.36. The third-order valence-corrected chi connectivity index (χ3v) is 4.37. The summed E-state index contributed by atoms with van der Waals surface area (Å²) >= 11 is 0. The summed E-state index contributed by atoms with van der Waals surface area (Å²) in [4.78, 5) is 2.12. The van der Waals surface area contributed by atoms with Gasteiger partial charge in [-0.05, 0) is 43.4 Å². The van der Waals surface area contributed by atoms with E-state index in [4.69, 9.17) is 0 Å². The zero-order chi connectivity index (χ0) is 14.2. The minimum atomic E-state index is -4.04. The fourth-order valence-corrected chi connectivity index (χ4v) is 3.24. The van der Waals surface area contributed by atoms with Crippen molar-refractivity contribution >= 4 is 11.4 Å². The van der Waals surface area contributed by atoms with Crippen LogP contribution in [0.4, 0.5) is 24.5 Å². The van der Waals surface area contributed by atoms with Crippen molar-refractivity contribution in [2.45, 2.75) is 31.9 Å². The number of halogens is 3. The van der Waals surface area contributed by atoms with Gasteiger partial charge in [0.05, 0.1) is 5.92 Å². The molecule has 2 heterocycles. The molecule has 2 aliphatic heterocycles. The molecule has 0 unspecified atom stereocenters. The highest BCUT2D eigenvalue weighted by atomic mass is 19.4. The zero-order valence-corrected chi connectivity index (χ0v) is 11.3. The second kappa shape index (κ2) is 5.19. The van der Waals surface area contributed by atoms with Gasteiger partial charge in [0.15, 0.2) is 0 Å². The Kier molecular flexibility index (Phi) is 3.52. The number of hydrogen-bond donors (Lipinski definition) is 1. The van der Waals surface area contributed by atoms with Crippen molar-refractivity contribution in [2.75, 3.05) is 29.9 Å². The number of hydrogen-bond acceptors (Lipinski definition) is 2. The molecule has 3 rings (SSSR count). The van der Waals surface area contributed by atoms with E-state index in [0.717, 1.165) is 30.8 Å². The first-order valence-electron chi connectivity index (χ1n) is 7.23. The Morgan fingerprint density at radius 3 is 2.60 bits per heavy atom. The van der Waals surface area contributed by atoms with Gasteiger partial charge in [0, 0.05) is 31.0 Å². The van der Waals surface area contributed by atoms with Gasteiger partial charge in [-0.15, -0.1) is 0 Å². The standard InChI is InChI=1S/C15H19F3N2/c16-15(17,18)11-6-9-20(10-7-11)14-5-1-4-13-12(14)3-2-8-19-13/h1,4-5,11,19H,2-3,6-10H2. The molecule has 0 radical (unpaired) electrons. The minimum Gasteiger partial charge on any atom is -0.385 e. The van der Waals surface area contributed by atoms with Crippen LogP contribution < -0.4 is 10.2 Å². The Balaban J connectivity index is 1.76. The maximum atomic E-state index is 12.7. The van der Waals surface area contributed by atoms with Crippen molar-refractivity contribution in [3.63, 3.8) is 0 Å². The van der Waals surface area contributed by atoms with Crippen LogP contribution in [-0.4, -0.2) is 25.8 Å². The molecule has 2 nitrogen and oxygen atoms in total. The Bertz CT molecular complexity index is 476. The summed E-state index contributed by atoms with van der Waals surface area (Å²) in [5.74, 6) is -1.13. The summed E-state index contributed by atoms with van der Waals surface area (Å²) < 4.78 is 38.1. The molecule has 1 aromatic carbocycles. The number of alkyl halides is 3. The fraction of sp³-hybridized carbons (Fsp3) is 0.600. The van der Waals surface area contributed by atoms with E-state index in [1.807, 2.05) is 12.1 Å². The Morgan fingerprint density at radius 1 is 1.15 bits per heavy atom. The molecule has 0 aromatic heterocycles. The summed E-state index contributed by atoms with van der Waals surface area (Å²) in [6, 6.07) is 6.09. The van der Waals surface area contributed by atoms with Crippen molar-refractivity contribution in [3.8, 4) is 0 Å². The molecule has 0 amide bonds. The smallest absolute Gasteiger partial charge is 0.385 e. The lowest BCUT2D eigenvalue weighted by molar-refractivity contribution is -0.179. The zero-order valence-electron chi connectivity index (χ0n) is 11.3. The fourth-order valence-electron chi connectivity index (χ4n) is 3.24. The number of nitrogens with zero attached hydrogens (tertiary/aromatic N) is 1. The highest BCUT2D eigenvalue weighted by molar-refractivity contribution is 5.68. The molecule has 1 aromatic rings. The van der Waals surface area contributed by atoms with E-state index in [1.54, 1.807) is 0 Å². The number of rotatable bonds is 1. The number of nitrogens with one attached hydrogen (secondary N) is 1. The second-order valence-corrected chi connectivity index (χ2v) is 5.64. The van der Waals surface area contributed by atoms with Crippen molar-refractivity contribution in [2.24, 2.45) is 5.92 Å². The average molecular weight is 284 g/mol. The predicted octanol–water partition coefficient (Wildman–Crippen LogP) is 3.82. The Labute approximate surface area is 117 Å². The summed E-state index contributed by atoms with van der Waals surface area (Å²) in [5, 5.41) is 3.37. The summed E-state index contributed by atoms with van der Waals surface area (Å²) in [6.45, 7) is 1.98. The van der Waals surface area contributed by atoms with Crippen LogP contribution in [0.5, 0.6) is 0 Å². The second-order valence-electron chi connectivity index (χ2n) is 5.64. The molecule has 0 atom stereocenters. The largest absolute Gasteiger partial charge is 0.391 e. The van der Waals surface area contributed by atoms with Crippen LogP contribution in [-0.2, 0) is 6.42 Å². The van der Waals surface area contributed by atoms with Gasteiger partial charge in [-0.3, -0.25) is 0 Å². The van der Waals surface area contributed by atoms with Crippen LogP contribution in [0, 0.1) is 5.92 Å². The molecule has 5 heteroatoms. The summed E-state index contributed by atoms with van der Waals surface area (Å²) in [6.07, 6.45) is -1.52. The molecule has 110 valence electrons. The van der Waals surface area contributed by atoms with Gasteiger partial charge in [0.1, 0.15) is 0 Å². The molecule has 2 aliphatic rings. The first-order chi connectivity index (χ1) is 9.55. The van der Waals surface area contributed by atoms with Gasteiger partial charge >= 0.3 is 6.18 Å². The van der Waals surface area contributed by atoms with E-state index in [-0.39, 0.29) is 12.8 Å². The number of anilines is 2. The van der Waals surface area contributed by atoms with Crippen molar-refractivity contribution in [3.05, 3.63) is 23.8 Å². The van der Waals surface area contributed by atoms with Gasteiger partial charge in [0.25, 0.3) is 0 Å². The quantitative estimate of drug-likeness (QED) is 0.843. The minimum absolute atomic E-state index is 0.209. The van der Waals surface area contributed by atoms with Crippen LogP contribution in [0.2, 0.25) is 0 Å². The van der Waals surface area contributed by atoms with Gasteiger partial charge < -0.3 is 10.2 Å². The molecule has 0 aliphatic carbocycles. The van der Waals surface area contributed by atoms with E-state index in [0.29, 0.717) is 13.1 Å². The average Bonchev–Trinajstić information content (AvgIpc) is 2.46. The van der Waals surface area contributed by atoms with Gasteiger partial charge in [-0.2, -0.15) is 13.2 Å². The van der Waals surface area contributed by atoms with Crippen LogP contribution in [0.15, 0.2) is 18.2 Å². The molecular formula is C15H19F3N2. The highest BCUT2D eigenvalue weighted by Crippen LogP contribution is 2.38. The van der Waals surface area contributed by atoms with E-state index < -0.39 is 12.1 Å². The molecule has 0 saturated carbocycles. The van der Waals surface area contributed by atoms with Gasteiger partial charge in [-0.1, -0.05) is 6.07 Å². The first-order valence-corrected chi connectivity index (χ1v) is 7.23. The molecular weight excluding hydrogens is 265 g/mol. The SMILES string of the molecule is FC(F)(F)C1CCN(c2cccc3c2CCCN3)CC1. The molecule has 0 bridgehead atoms. The molecule has 1 fully saturated rings. The summed E-state index contributed by atoms with van der Waals surface area (Å²) in [7, 11) is 0. The maximum absolute atomic E-state index is 12.7. The normalized spacial score (nSPS) is 20.4. The van der Waals surface area contributed by atoms with Gasteiger partial charge in [-0.25, -0.2) is 0 Å². The topological polar surface area (TPSA) is 15.3 Å². The first kappa shape index (κ1) is 13.6. The van der Waals surface area contributed by atoms with E-state index in [1.165, 1.54) is 5.56 Å². The van der Waals surface area contributed by atoms with Crippen LogP contribution in [0.25, 0.3) is 0 Å². The number of fused-ring (bicyclic) bond motifs is 1. The lowest BCUT2D eigenvalue weighted by Crippen LogP contribution is -2.39. The predicted molar refractivity (Wildman–Crippen MR) is 74.2 cm³/mol. The highest BCUT2D eigenvalue weighted by Gasteiger charge is 2.41. The summed E-state index contributed by atoms with van der Waals surface area (Å²) in [5.41, 5.74) is 3.53. The van der Waals surface area contributed by atoms with Crippen LogP contribution >= 0.6 is 0 Å². The Hall–Kier alpha value is -1.39. The molecule has 1 saturated heterocycles. The van der Waals surface area contributed by atoms with Crippen molar-refractivity contribution in [1.29, 1.82) is 0 Å². The Morgan fingerprint density at radius 2 is 1.90 bits per heavy atom. The number of piperidine rings is 1. The van der Waals surface area contributed by atoms with Gasteiger partial charge in [0.2, 0.25) is 0 Å². The molecule has 0 spiro atoms. The van der Waals surface area contributed by atoms with E-state index in [2.05, 4.69) is 16.3 Å². The molecule has 1 N–H and O–H groups in total. The van der Waals surface area contributed by atoms with E-state index >= 15 is 0 Å². The van der Waals surface area contributed by atoms with Crippen molar-refractivity contribution in [1.82, 2.24) is 0 Å². The van der Waals surface area contributed by atoms with E-state index in [9.17, 15) is 13.2 Å². The van der Waals surface area contributed by atoms with Crippen LogP contribution in [0.3, 0.4) is 0 Å². The monoisotopic (exact) mass is 284 g/mol. The third-order valence-electron chi connectivity index (χ3n) is 4.37. The maximum Gasteiger partial charge on any atom is 0.391 e. The molecule has 20 heavy (non-hydrogen) atoms. The third kappa shape index (κ3) is 2.58. The van der Waals surface area contributed by atoms with Crippen LogP contribution in [0.1, 0.15) is 24.8 Å². The van der Waals surface area contributed by atoms with Crippen molar-refractivity contribution < 1.29 is 13.2 Å². The number of benzene rings is 1. The lowest BCUT2D eigenvalue weighted by atomic mass is 9.94.